The molecule has 7 heteroatoms. The number of thiophene rings is 1. The highest BCUT2D eigenvalue weighted by Gasteiger charge is 2.22. The molecule has 0 aliphatic heterocycles. The molecule has 0 unspecified atom stereocenters. The van der Waals surface area contributed by atoms with Crippen molar-refractivity contribution in [3.8, 4) is 11.5 Å². The lowest BCUT2D eigenvalue weighted by Gasteiger charge is -2.13. The number of aliphatic carboxylic acids is 1. The number of pyridine rings is 1. The minimum absolute atomic E-state index is 0.0217. The largest absolute Gasteiger partial charge is 0.481 e. The van der Waals surface area contributed by atoms with Crippen LogP contribution in [0.4, 0.5) is 0 Å². The molecule has 3 aromatic rings. The molecule has 0 fully saturated rings. The van der Waals surface area contributed by atoms with Crippen LogP contribution in [0.5, 0.6) is 0 Å². The molecule has 0 amide bonds. The van der Waals surface area contributed by atoms with Gasteiger partial charge in [-0.3, -0.25) is 19.1 Å². The maximum Gasteiger partial charge on any atom is 0.303 e. The third-order valence-corrected chi connectivity index (χ3v) is 5.93. The molecule has 1 N–H and O–H groups in total. The van der Waals surface area contributed by atoms with Gasteiger partial charge in [0.15, 0.2) is 5.82 Å². The highest BCUT2D eigenvalue weighted by molar-refractivity contribution is 7.18. The molecule has 0 saturated carbocycles. The van der Waals surface area contributed by atoms with E-state index in [0.717, 1.165) is 41.5 Å². The van der Waals surface area contributed by atoms with E-state index in [9.17, 15) is 9.59 Å². The molecular weight excluding hydrogens is 350 g/mol. The van der Waals surface area contributed by atoms with E-state index in [1.165, 1.54) is 4.88 Å². The lowest BCUT2D eigenvalue weighted by Crippen LogP contribution is -2.24. The summed E-state index contributed by atoms with van der Waals surface area (Å²) in [5.74, 6) is -0.341. The van der Waals surface area contributed by atoms with E-state index in [1.54, 1.807) is 22.1 Å². The number of aromatic nitrogens is 3. The second-order valence-corrected chi connectivity index (χ2v) is 7.58. The summed E-state index contributed by atoms with van der Waals surface area (Å²) in [6.45, 7) is 0.324. The van der Waals surface area contributed by atoms with Gasteiger partial charge in [0.05, 0.1) is 5.39 Å². The van der Waals surface area contributed by atoms with E-state index in [1.807, 2.05) is 18.2 Å². The van der Waals surface area contributed by atoms with Crippen molar-refractivity contribution in [2.75, 3.05) is 0 Å². The Balaban J connectivity index is 1.90. The average Bonchev–Trinajstić information content (AvgIpc) is 3.02. The number of aryl methyl sites for hydroxylation is 2. The third kappa shape index (κ3) is 3.03. The van der Waals surface area contributed by atoms with Crippen LogP contribution in [0.25, 0.3) is 21.7 Å². The maximum absolute atomic E-state index is 13.3. The number of hydrogen-bond donors (Lipinski definition) is 1. The molecule has 4 rings (SSSR count). The molecule has 0 saturated heterocycles. The van der Waals surface area contributed by atoms with E-state index >= 15 is 0 Å². The summed E-state index contributed by atoms with van der Waals surface area (Å²) in [6, 6.07) is 5.51. The summed E-state index contributed by atoms with van der Waals surface area (Å²) in [7, 11) is 0. The van der Waals surface area contributed by atoms with E-state index in [2.05, 4.69) is 4.98 Å². The van der Waals surface area contributed by atoms with Crippen LogP contribution in [0.2, 0.25) is 0 Å². The van der Waals surface area contributed by atoms with Gasteiger partial charge in [-0.1, -0.05) is 6.07 Å². The number of fused-ring (bicyclic) bond motifs is 3. The molecule has 0 bridgehead atoms. The predicted molar refractivity (Wildman–Crippen MR) is 101 cm³/mol. The van der Waals surface area contributed by atoms with Gasteiger partial charge in [0.1, 0.15) is 10.5 Å². The average molecular weight is 369 g/mol. The molecule has 1 aliphatic rings. The minimum atomic E-state index is -0.862. The zero-order valence-electron chi connectivity index (χ0n) is 14.3. The van der Waals surface area contributed by atoms with Crippen LogP contribution in [0.1, 0.15) is 36.1 Å². The number of carboxylic acids is 1. The van der Waals surface area contributed by atoms with E-state index in [-0.39, 0.29) is 12.0 Å². The van der Waals surface area contributed by atoms with E-state index in [4.69, 9.17) is 10.1 Å². The van der Waals surface area contributed by atoms with Crippen molar-refractivity contribution in [2.45, 2.75) is 45.1 Å². The van der Waals surface area contributed by atoms with Gasteiger partial charge in [-0.15, -0.1) is 11.3 Å². The Labute approximate surface area is 154 Å². The van der Waals surface area contributed by atoms with Crippen molar-refractivity contribution in [1.29, 1.82) is 0 Å². The Kier molecular flexibility index (Phi) is 4.55. The first-order valence-electron chi connectivity index (χ1n) is 8.83. The van der Waals surface area contributed by atoms with Crippen molar-refractivity contribution in [2.24, 2.45) is 0 Å². The number of carboxylic acid groups (broad SMARTS) is 1. The second kappa shape index (κ2) is 6.99. The van der Waals surface area contributed by atoms with Gasteiger partial charge in [0.25, 0.3) is 5.56 Å². The molecule has 134 valence electrons. The SMILES string of the molecule is O=C(O)CCCn1c(-c2ccccn2)nc2sc3c(c2c1=O)CCCC3. The monoisotopic (exact) mass is 369 g/mol. The van der Waals surface area contributed by atoms with Crippen LogP contribution >= 0.6 is 11.3 Å². The molecule has 0 spiro atoms. The molecule has 0 atom stereocenters. The standard InChI is InChI=1S/C19H19N3O3S/c23-15(24)9-5-11-22-17(13-7-3-4-10-20-13)21-18-16(19(22)25)12-6-1-2-8-14(12)26-18/h3-4,7,10H,1-2,5-6,8-9,11H2,(H,23,24). The summed E-state index contributed by atoms with van der Waals surface area (Å²) in [6.07, 6.45) is 6.26. The van der Waals surface area contributed by atoms with Gasteiger partial charge in [0.2, 0.25) is 0 Å². The van der Waals surface area contributed by atoms with Crippen molar-refractivity contribution < 1.29 is 9.90 Å². The zero-order chi connectivity index (χ0) is 18.1. The van der Waals surface area contributed by atoms with Crippen molar-refractivity contribution in [3.63, 3.8) is 0 Å². The molecule has 3 heterocycles. The van der Waals surface area contributed by atoms with Gasteiger partial charge < -0.3 is 5.11 Å². The Bertz CT molecular complexity index is 1020. The Morgan fingerprint density at radius 3 is 2.88 bits per heavy atom. The lowest BCUT2D eigenvalue weighted by atomic mass is 9.97. The first-order chi connectivity index (χ1) is 12.6. The highest BCUT2D eigenvalue weighted by Crippen LogP contribution is 2.34. The topological polar surface area (TPSA) is 85.1 Å². The van der Waals surface area contributed by atoms with Crippen molar-refractivity contribution >= 4 is 27.5 Å². The highest BCUT2D eigenvalue weighted by atomic mass is 32.1. The van der Waals surface area contributed by atoms with Crippen molar-refractivity contribution in [1.82, 2.24) is 14.5 Å². The van der Waals surface area contributed by atoms with Gasteiger partial charge >= 0.3 is 5.97 Å². The summed E-state index contributed by atoms with van der Waals surface area (Å²) < 4.78 is 1.61. The molecule has 6 nitrogen and oxygen atoms in total. The third-order valence-electron chi connectivity index (χ3n) is 4.74. The number of rotatable bonds is 5. The van der Waals surface area contributed by atoms with Gasteiger partial charge in [0, 0.05) is 24.0 Å². The van der Waals surface area contributed by atoms with E-state index in [0.29, 0.717) is 24.5 Å². The molecule has 26 heavy (non-hydrogen) atoms. The van der Waals surface area contributed by atoms with Crippen LogP contribution in [-0.4, -0.2) is 25.6 Å². The summed E-state index contributed by atoms with van der Waals surface area (Å²) >= 11 is 1.61. The first kappa shape index (κ1) is 16.9. The molecule has 0 aromatic carbocycles. The summed E-state index contributed by atoms with van der Waals surface area (Å²) in [5, 5.41) is 9.65. The number of nitrogens with zero attached hydrogens (tertiary/aromatic N) is 3. The summed E-state index contributed by atoms with van der Waals surface area (Å²) in [5.41, 5.74) is 1.71. The van der Waals surface area contributed by atoms with Gasteiger partial charge in [-0.25, -0.2) is 4.98 Å². The normalized spacial score (nSPS) is 13.7. The zero-order valence-corrected chi connectivity index (χ0v) is 15.1. The van der Waals surface area contributed by atoms with E-state index < -0.39 is 5.97 Å². The molecular formula is C19H19N3O3S. The summed E-state index contributed by atoms with van der Waals surface area (Å²) in [4.78, 5) is 35.3. The lowest BCUT2D eigenvalue weighted by molar-refractivity contribution is -0.137. The Morgan fingerprint density at radius 1 is 1.27 bits per heavy atom. The van der Waals surface area contributed by atoms with Crippen LogP contribution in [-0.2, 0) is 24.2 Å². The van der Waals surface area contributed by atoms with Gasteiger partial charge in [-0.2, -0.15) is 0 Å². The fourth-order valence-corrected chi connectivity index (χ4v) is 4.78. The fraction of sp³-hybridized carbons (Fsp3) is 0.368. The van der Waals surface area contributed by atoms with Crippen LogP contribution < -0.4 is 5.56 Å². The van der Waals surface area contributed by atoms with Crippen molar-refractivity contribution in [3.05, 3.63) is 45.2 Å². The smallest absolute Gasteiger partial charge is 0.303 e. The van der Waals surface area contributed by atoms with Crippen LogP contribution in [0, 0.1) is 0 Å². The maximum atomic E-state index is 13.3. The molecule has 3 aromatic heterocycles. The quantitative estimate of drug-likeness (QED) is 0.746. The molecule has 0 radical (unpaired) electrons. The van der Waals surface area contributed by atoms with Gasteiger partial charge in [-0.05, 0) is 49.8 Å². The number of carbonyl (C=O) groups is 1. The Hall–Kier alpha value is -2.54. The minimum Gasteiger partial charge on any atom is -0.481 e. The van der Waals surface area contributed by atoms with Crippen LogP contribution in [0.3, 0.4) is 0 Å². The molecule has 1 aliphatic carbocycles. The first-order valence-corrected chi connectivity index (χ1v) is 9.65. The Morgan fingerprint density at radius 2 is 2.12 bits per heavy atom. The predicted octanol–water partition coefficient (Wildman–Crippen LogP) is 3.26. The van der Waals surface area contributed by atoms with Crippen LogP contribution in [0.15, 0.2) is 29.2 Å². The second-order valence-electron chi connectivity index (χ2n) is 6.50. The number of hydrogen-bond acceptors (Lipinski definition) is 5. The fourth-order valence-electron chi connectivity index (χ4n) is 3.52.